The molecule has 29 heavy (non-hydrogen) atoms. The fourth-order valence-corrected chi connectivity index (χ4v) is 3.20. The molecule has 0 aliphatic carbocycles. The van der Waals surface area contributed by atoms with E-state index in [1.165, 1.54) is 5.56 Å². The van der Waals surface area contributed by atoms with E-state index in [1.54, 1.807) is 29.2 Å². The predicted molar refractivity (Wildman–Crippen MR) is 110 cm³/mol. The van der Waals surface area contributed by atoms with Crippen LogP contribution in [-0.4, -0.2) is 48.9 Å². The molecule has 4 amide bonds. The second kappa shape index (κ2) is 9.70. The molecule has 3 rings (SSSR count). The van der Waals surface area contributed by atoms with Gasteiger partial charge in [-0.15, -0.1) is 0 Å². The molecule has 0 spiro atoms. The number of carbonyl (C=O) groups is 3. The highest BCUT2D eigenvalue weighted by atomic mass is 16.2. The summed E-state index contributed by atoms with van der Waals surface area (Å²) in [5.74, 6) is -0.725. The zero-order valence-corrected chi connectivity index (χ0v) is 16.1. The van der Waals surface area contributed by atoms with Crippen molar-refractivity contribution in [1.82, 2.24) is 15.5 Å². The summed E-state index contributed by atoms with van der Waals surface area (Å²) in [5, 5.41) is 7.99. The van der Waals surface area contributed by atoms with Crippen LogP contribution in [0.1, 0.15) is 21.5 Å². The molecule has 0 saturated heterocycles. The maximum absolute atomic E-state index is 12.4. The summed E-state index contributed by atoms with van der Waals surface area (Å²) < 4.78 is 0. The van der Waals surface area contributed by atoms with Crippen LogP contribution >= 0.6 is 0 Å². The normalized spacial score (nSPS) is 12.7. The molecule has 0 unspecified atom stereocenters. The first kappa shape index (κ1) is 20.3. The maximum atomic E-state index is 12.4. The average Bonchev–Trinajstić information content (AvgIpc) is 2.75. The minimum absolute atomic E-state index is 0.185. The quantitative estimate of drug-likeness (QED) is 0.586. The molecular formula is C21H25N5O3. The van der Waals surface area contributed by atoms with Crippen molar-refractivity contribution in [3.05, 3.63) is 65.2 Å². The Bertz CT molecular complexity index is 899. The Kier molecular flexibility index (Phi) is 6.80. The summed E-state index contributed by atoms with van der Waals surface area (Å²) in [6.07, 6.45) is 0.793. The van der Waals surface area contributed by atoms with Crippen LogP contribution in [0.2, 0.25) is 0 Å². The molecule has 0 fully saturated rings. The second-order valence-electron chi connectivity index (χ2n) is 6.74. The standard InChI is InChI=1S/C21H25N5O3/c22-10-11-23-20(28)17-7-3-4-8-18(17)25-19(27)13-24-21(29)26-12-9-15-5-1-2-6-16(15)14-26/h1-8H,9-14,22H2,(H,23,28)(H,24,29)(H,25,27). The van der Waals surface area contributed by atoms with Gasteiger partial charge in [0.05, 0.1) is 17.8 Å². The number of hydrogen-bond donors (Lipinski definition) is 4. The molecule has 8 heteroatoms. The molecule has 2 aromatic rings. The van der Waals surface area contributed by atoms with Crippen molar-refractivity contribution in [3.8, 4) is 0 Å². The van der Waals surface area contributed by atoms with E-state index >= 15 is 0 Å². The number of nitrogens with one attached hydrogen (secondary N) is 3. The number of anilines is 1. The summed E-state index contributed by atoms with van der Waals surface area (Å²) in [4.78, 5) is 38.6. The fourth-order valence-electron chi connectivity index (χ4n) is 3.20. The topological polar surface area (TPSA) is 117 Å². The molecule has 0 saturated carbocycles. The SMILES string of the molecule is NCCNC(=O)c1ccccc1NC(=O)CNC(=O)N1CCc2ccccc2C1. The molecule has 1 aliphatic rings. The highest BCUT2D eigenvalue weighted by Crippen LogP contribution is 2.18. The lowest BCUT2D eigenvalue weighted by Gasteiger charge is -2.28. The first-order valence-corrected chi connectivity index (χ1v) is 9.55. The summed E-state index contributed by atoms with van der Waals surface area (Å²) in [5.41, 5.74) is 8.49. The van der Waals surface area contributed by atoms with E-state index in [1.807, 2.05) is 18.2 Å². The van der Waals surface area contributed by atoms with Gasteiger partial charge in [0, 0.05) is 26.2 Å². The number of urea groups is 1. The minimum Gasteiger partial charge on any atom is -0.351 e. The van der Waals surface area contributed by atoms with Gasteiger partial charge in [0.2, 0.25) is 5.91 Å². The zero-order valence-electron chi connectivity index (χ0n) is 16.1. The number of carbonyl (C=O) groups excluding carboxylic acids is 3. The molecule has 0 radical (unpaired) electrons. The van der Waals surface area contributed by atoms with Gasteiger partial charge in [0.1, 0.15) is 0 Å². The van der Waals surface area contributed by atoms with Crippen molar-refractivity contribution in [3.63, 3.8) is 0 Å². The van der Waals surface area contributed by atoms with Crippen molar-refractivity contribution in [2.45, 2.75) is 13.0 Å². The molecular weight excluding hydrogens is 370 g/mol. The Hall–Kier alpha value is -3.39. The molecule has 2 aromatic carbocycles. The second-order valence-corrected chi connectivity index (χ2v) is 6.74. The van der Waals surface area contributed by atoms with Gasteiger partial charge < -0.3 is 26.6 Å². The van der Waals surface area contributed by atoms with Crippen molar-refractivity contribution in [1.29, 1.82) is 0 Å². The maximum Gasteiger partial charge on any atom is 0.318 e. The molecule has 8 nitrogen and oxygen atoms in total. The van der Waals surface area contributed by atoms with Crippen LogP contribution in [-0.2, 0) is 17.8 Å². The highest BCUT2D eigenvalue weighted by Gasteiger charge is 2.21. The number of hydrogen-bond acceptors (Lipinski definition) is 4. The van der Waals surface area contributed by atoms with Gasteiger partial charge in [-0.1, -0.05) is 36.4 Å². The molecule has 0 atom stereocenters. The molecule has 152 valence electrons. The van der Waals surface area contributed by atoms with E-state index < -0.39 is 5.91 Å². The third kappa shape index (κ3) is 5.32. The van der Waals surface area contributed by atoms with Gasteiger partial charge in [-0.3, -0.25) is 9.59 Å². The zero-order chi connectivity index (χ0) is 20.6. The largest absolute Gasteiger partial charge is 0.351 e. The molecule has 0 bridgehead atoms. The lowest BCUT2D eigenvalue weighted by Crippen LogP contribution is -2.45. The molecule has 0 aromatic heterocycles. The number of benzene rings is 2. The van der Waals surface area contributed by atoms with Crippen molar-refractivity contribution >= 4 is 23.5 Å². The van der Waals surface area contributed by atoms with Crippen LogP contribution in [0.4, 0.5) is 10.5 Å². The lowest BCUT2D eigenvalue weighted by atomic mass is 10.0. The van der Waals surface area contributed by atoms with Crippen molar-refractivity contribution < 1.29 is 14.4 Å². The van der Waals surface area contributed by atoms with E-state index in [4.69, 9.17) is 5.73 Å². The third-order valence-electron chi connectivity index (χ3n) is 4.69. The van der Waals surface area contributed by atoms with E-state index in [9.17, 15) is 14.4 Å². The summed E-state index contributed by atoms with van der Waals surface area (Å²) in [7, 11) is 0. The summed E-state index contributed by atoms with van der Waals surface area (Å²) in [6.45, 7) is 1.61. The molecule has 1 heterocycles. The van der Waals surface area contributed by atoms with Gasteiger partial charge in [-0.25, -0.2) is 4.79 Å². The smallest absolute Gasteiger partial charge is 0.318 e. The predicted octanol–water partition coefficient (Wildman–Crippen LogP) is 1.08. The molecule has 5 N–H and O–H groups in total. The number of nitrogens with two attached hydrogens (primary N) is 1. The van der Waals surface area contributed by atoms with Gasteiger partial charge in [0.25, 0.3) is 5.91 Å². The third-order valence-corrected chi connectivity index (χ3v) is 4.69. The summed E-state index contributed by atoms with van der Waals surface area (Å²) >= 11 is 0. The number of para-hydroxylation sites is 1. The first-order valence-electron chi connectivity index (χ1n) is 9.55. The van der Waals surface area contributed by atoms with Gasteiger partial charge in [-0.2, -0.15) is 0 Å². The van der Waals surface area contributed by atoms with Crippen LogP contribution < -0.4 is 21.7 Å². The molecule has 1 aliphatic heterocycles. The first-order chi connectivity index (χ1) is 14.1. The lowest BCUT2D eigenvalue weighted by molar-refractivity contribution is -0.115. The van der Waals surface area contributed by atoms with E-state index in [-0.39, 0.29) is 18.5 Å². The van der Waals surface area contributed by atoms with Crippen LogP contribution in [0.5, 0.6) is 0 Å². The van der Waals surface area contributed by atoms with E-state index in [2.05, 4.69) is 22.0 Å². The average molecular weight is 395 g/mol. The van der Waals surface area contributed by atoms with Gasteiger partial charge in [0.15, 0.2) is 0 Å². The summed E-state index contributed by atoms with van der Waals surface area (Å²) in [6, 6.07) is 14.4. The van der Waals surface area contributed by atoms with Gasteiger partial charge in [-0.05, 0) is 29.7 Å². The Labute approximate surface area is 169 Å². The van der Waals surface area contributed by atoms with Crippen molar-refractivity contribution in [2.75, 3.05) is 31.5 Å². The Morgan fingerprint density at radius 1 is 0.966 bits per heavy atom. The highest BCUT2D eigenvalue weighted by molar-refractivity contribution is 6.04. The number of rotatable bonds is 6. The number of fused-ring (bicyclic) bond motifs is 1. The Balaban J connectivity index is 1.53. The monoisotopic (exact) mass is 395 g/mol. The van der Waals surface area contributed by atoms with Crippen LogP contribution in [0.15, 0.2) is 48.5 Å². The minimum atomic E-state index is -0.408. The van der Waals surface area contributed by atoms with Crippen molar-refractivity contribution in [2.24, 2.45) is 5.73 Å². The van der Waals surface area contributed by atoms with Crippen LogP contribution in [0, 0.1) is 0 Å². The number of amides is 4. The Morgan fingerprint density at radius 2 is 1.69 bits per heavy atom. The van der Waals surface area contributed by atoms with Crippen LogP contribution in [0.3, 0.4) is 0 Å². The Morgan fingerprint density at radius 3 is 2.48 bits per heavy atom. The number of nitrogens with zero attached hydrogens (tertiary/aromatic N) is 1. The van der Waals surface area contributed by atoms with E-state index in [0.717, 1.165) is 12.0 Å². The van der Waals surface area contributed by atoms with E-state index in [0.29, 0.717) is 37.4 Å². The van der Waals surface area contributed by atoms with Crippen LogP contribution in [0.25, 0.3) is 0 Å². The fraction of sp³-hybridized carbons (Fsp3) is 0.286. The van der Waals surface area contributed by atoms with Gasteiger partial charge >= 0.3 is 6.03 Å².